The number of nitrogens with zero attached hydrogens (tertiary/aromatic N) is 2. The highest BCUT2D eigenvalue weighted by atomic mass is 32.2. The molecule has 0 aliphatic carbocycles. The van der Waals surface area contributed by atoms with Gasteiger partial charge in [-0.1, -0.05) is 20.8 Å². The molecule has 120 valence electrons. The zero-order chi connectivity index (χ0) is 15.7. The molecule has 0 aromatic carbocycles. The second-order valence-electron chi connectivity index (χ2n) is 6.69. The van der Waals surface area contributed by atoms with Crippen molar-refractivity contribution in [3.05, 3.63) is 16.1 Å². The Balaban J connectivity index is 1.81. The fourth-order valence-corrected chi connectivity index (χ4v) is 4.21. The largest absolute Gasteiger partial charge is 0.308 e. The lowest BCUT2D eigenvalue weighted by Crippen LogP contribution is -2.44. The Kier molecular flexibility index (Phi) is 5.07. The maximum atomic E-state index is 11.5. The molecule has 2 heterocycles. The monoisotopic (exact) mass is 331 g/mol. The number of piperidine rings is 1. The summed E-state index contributed by atoms with van der Waals surface area (Å²) >= 11 is 1.69. The summed E-state index contributed by atoms with van der Waals surface area (Å²) in [7, 11) is -3.03. The van der Waals surface area contributed by atoms with Crippen molar-refractivity contribution in [2.24, 2.45) is 0 Å². The first-order valence-electron chi connectivity index (χ1n) is 7.29. The van der Waals surface area contributed by atoms with E-state index in [1.165, 1.54) is 6.26 Å². The highest BCUT2D eigenvalue weighted by molar-refractivity contribution is 7.88. The summed E-state index contributed by atoms with van der Waals surface area (Å²) in [5.41, 5.74) is 1.23. The molecule has 0 atom stereocenters. The molecule has 1 N–H and O–H groups in total. The average molecular weight is 332 g/mol. The van der Waals surface area contributed by atoms with Crippen LogP contribution >= 0.6 is 11.3 Å². The molecule has 7 heteroatoms. The van der Waals surface area contributed by atoms with Crippen molar-refractivity contribution in [2.45, 2.75) is 51.6 Å². The first kappa shape index (κ1) is 16.9. The van der Waals surface area contributed by atoms with E-state index >= 15 is 0 Å². The summed E-state index contributed by atoms with van der Waals surface area (Å²) in [5, 5.41) is 6.73. The summed E-state index contributed by atoms with van der Waals surface area (Å²) < 4.78 is 24.5. The molecule has 0 saturated carbocycles. The molecule has 21 heavy (non-hydrogen) atoms. The van der Waals surface area contributed by atoms with E-state index in [1.807, 2.05) is 0 Å². The number of thiazole rings is 1. The fraction of sp³-hybridized carbons (Fsp3) is 0.786. The minimum atomic E-state index is -3.03. The molecule has 1 aromatic rings. The highest BCUT2D eigenvalue weighted by Crippen LogP contribution is 2.24. The third kappa shape index (κ3) is 4.74. The SMILES string of the molecule is CC(C)(C)c1csc(CNC2CCN(S(C)(=O)=O)CC2)n1. The number of hydrogen-bond donors (Lipinski definition) is 1. The van der Waals surface area contributed by atoms with Crippen LogP contribution in [0.3, 0.4) is 0 Å². The molecule has 1 aliphatic heterocycles. The van der Waals surface area contributed by atoms with Crippen LogP contribution in [0, 0.1) is 0 Å². The first-order chi connectivity index (χ1) is 9.66. The Hall–Kier alpha value is -0.500. The first-order valence-corrected chi connectivity index (χ1v) is 10.0. The van der Waals surface area contributed by atoms with E-state index in [4.69, 9.17) is 0 Å². The number of hydrogen-bond acceptors (Lipinski definition) is 5. The normalized spacial score (nSPS) is 19.0. The fourth-order valence-electron chi connectivity index (χ4n) is 2.36. The predicted molar refractivity (Wildman–Crippen MR) is 87.1 cm³/mol. The molecular formula is C14H25N3O2S2. The minimum Gasteiger partial charge on any atom is -0.308 e. The van der Waals surface area contributed by atoms with E-state index in [1.54, 1.807) is 15.6 Å². The number of nitrogens with one attached hydrogen (secondary N) is 1. The minimum absolute atomic E-state index is 0.0928. The molecule has 1 saturated heterocycles. The van der Waals surface area contributed by atoms with Gasteiger partial charge in [0.15, 0.2) is 0 Å². The van der Waals surface area contributed by atoms with Gasteiger partial charge in [0.25, 0.3) is 0 Å². The van der Waals surface area contributed by atoms with Crippen LogP contribution in [0.2, 0.25) is 0 Å². The van der Waals surface area contributed by atoms with Crippen molar-refractivity contribution in [1.82, 2.24) is 14.6 Å². The molecule has 0 bridgehead atoms. The summed E-state index contributed by atoms with van der Waals surface area (Å²) in [6.07, 6.45) is 3.01. The van der Waals surface area contributed by atoms with Crippen LogP contribution < -0.4 is 5.32 Å². The van der Waals surface area contributed by atoms with Gasteiger partial charge < -0.3 is 5.32 Å². The van der Waals surface area contributed by atoms with Crippen molar-refractivity contribution in [2.75, 3.05) is 19.3 Å². The summed E-state index contributed by atoms with van der Waals surface area (Å²) in [6.45, 7) is 8.49. The summed E-state index contributed by atoms with van der Waals surface area (Å²) in [5.74, 6) is 0. The van der Waals surface area contributed by atoms with Crippen molar-refractivity contribution >= 4 is 21.4 Å². The zero-order valence-corrected chi connectivity index (χ0v) is 14.9. The molecule has 0 spiro atoms. The Morgan fingerprint density at radius 3 is 2.48 bits per heavy atom. The van der Waals surface area contributed by atoms with Crippen LogP contribution in [0.25, 0.3) is 0 Å². The number of rotatable bonds is 4. The lowest BCUT2D eigenvalue weighted by Gasteiger charge is -2.30. The Morgan fingerprint density at radius 1 is 1.38 bits per heavy atom. The molecule has 1 aromatic heterocycles. The Labute approximate surface area is 131 Å². The standard InChI is InChI=1S/C14H25N3O2S2/c1-14(2,3)12-10-20-13(16-12)9-15-11-5-7-17(8-6-11)21(4,18)19/h10-11,15H,5-9H2,1-4H3. The molecule has 1 fully saturated rings. The maximum absolute atomic E-state index is 11.5. The molecule has 0 amide bonds. The van der Waals surface area contributed by atoms with Gasteiger partial charge in [-0.2, -0.15) is 0 Å². The highest BCUT2D eigenvalue weighted by Gasteiger charge is 2.24. The van der Waals surface area contributed by atoms with Gasteiger partial charge in [-0.05, 0) is 12.8 Å². The van der Waals surface area contributed by atoms with Gasteiger partial charge in [-0.25, -0.2) is 17.7 Å². The van der Waals surface area contributed by atoms with Gasteiger partial charge in [0.05, 0.1) is 11.9 Å². The predicted octanol–water partition coefficient (Wildman–Crippen LogP) is 1.95. The van der Waals surface area contributed by atoms with Crippen LogP contribution in [0.5, 0.6) is 0 Å². The lowest BCUT2D eigenvalue weighted by molar-refractivity contribution is 0.290. The van der Waals surface area contributed by atoms with Gasteiger partial charge >= 0.3 is 0 Å². The lowest BCUT2D eigenvalue weighted by atomic mass is 9.93. The van der Waals surface area contributed by atoms with Gasteiger partial charge in [-0.15, -0.1) is 11.3 Å². The van der Waals surface area contributed by atoms with Crippen LogP contribution in [0.1, 0.15) is 44.3 Å². The van der Waals surface area contributed by atoms with Gasteiger partial charge in [0.2, 0.25) is 10.0 Å². The van der Waals surface area contributed by atoms with E-state index in [0.717, 1.165) is 30.1 Å². The Bertz CT molecular complexity index is 567. The third-order valence-corrected chi connectivity index (χ3v) is 5.94. The second kappa shape index (κ2) is 6.32. The molecule has 1 aliphatic rings. The van der Waals surface area contributed by atoms with Gasteiger partial charge in [0, 0.05) is 36.5 Å². The van der Waals surface area contributed by atoms with E-state index in [-0.39, 0.29) is 5.41 Å². The van der Waals surface area contributed by atoms with E-state index in [9.17, 15) is 8.42 Å². The molecule has 5 nitrogen and oxygen atoms in total. The smallest absolute Gasteiger partial charge is 0.211 e. The maximum Gasteiger partial charge on any atom is 0.211 e. The zero-order valence-electron chi connectivity index (χ0n) is 13.2. The number of sulfonamides is 1. The van der Waals surface area contributed by atoms with Crippen molar-refractivity contribution in [3.8, 4) is 0 Å². The topological polar surface area (TPSA) is 62.3 Å². The second-order valence-corrected chi connectivity index (χ2v) is 9.62. The van der Waals surface area contributed by atoms with Crippen molar-refractivity contribution < 1.29 is 8.42 Å². The Morgan fingerprint density at radius 2 is 2.00 bits per heavy atom. The summed E-state index contributed by atoms with van der Waals surface area (Å²) in [4.78, 5) is 4.67. The molecule has 0 radical (unpaired) electrons. The molecule has 0 unspecified atom stereocenters. The van der Waals surface area contributed by atoms with E-state index < -0.39 is 10.0 Å². The number of aromatic nitrogens is 1. The summed E-state index contributed by atoms with van der Waals surface area (Å²) in [6, 6.07) is 0.380. The van der Waals surface area contributed by atoms with Gasteiger partial charge in [0.1, 0.15) is 5.01 Å². The van der Waals surface area contributed by atoms with Crippen LogP contribution in [-0.2, 0) is 22.0 Å². The van der Waals surface area contributed by atoms with Crippen LogP contribution in [-0.4, -0.2) is 43.1 Å². The molecule has 2 rings (SSSR count). The van der Waals surface area contributed by atoms with E-state index in [0.29, 0.717) is 19.1 Å². The average Bonchev–Trinajstić information content (AvgIpc) is 2.84. The quantitative estimate of drug-likeness (QED) is 0.916. The van der Waals surface area contributed by atoms with Crippen LogP contribution in [0.4, 0.5) is 0 Å². The van der Waals surface area contributed by atoms with Gasteiger partial charge in [-0.3, -0.25) is 0 Å². The van der Waals surface area contributed by atoms with Crippen LogP contribution in [0.15, 0.2) is 5.38 Å². The molecular weight excluding hydrogens is 306 g/mol. The van der Waals surface area contributed by atoms with Crippen molar-refractivity contribution in [3.63, 3.8) is 0 Å². The van der Waals surface area contributed by atoms with E-state index in [2.05, 4.69) is 36.5 Å². The third-order valence-electron chi connectivity index (χ3n) is 3.79. The van der Waals surface area contributed by atoms with Crippen molar-refractivity contribution in [1.29, 1.82) is 0 Å².